The van der Waals surface area contributed by atoms with E-state index in [4.69, 9.17) is 11.6 Å². The summed E-state index contributed by atoms with van der Waals surface area (Å²) in [6, 6.07) is 2.04. The number of hydrogen-bond donors (Lipinski definition) is 2. The van der Waals surface area contributed by atoms with Gasteiger partial charge in [0.25, 0.3) is 0 Å². The molecule has 1 atom stereocenters. The van der Waals surface area contributed by atoms with Crippen LogP contribution in [-0.2, 0) is 11.3 Å². The molecule has 1 amide bonds. The van der Waals surface area contributed by atoms with Gasteiger partial charge in [0.1, 0.15) is 0 Å². The lowest BCUT2D eigenvalue weighted by Gasteiger charge is -2.14. The second-order valence-corrected chi connectivity index (χ2v) is 4.76. The molecule has 2 rings (SSSR count). The zero-order valence-corrected chi connectivity index (χ0v) is 10.5. The van der Waals surface area contributed by atoms with Gasteiger partial charge in [-0.3, -0.25) is 9.78 Å². The number of nitrogens with one attached hydrogen (secondary N) is 2. The largest absolute Gasteiger partial charge is 0.352 e. The molecule has 1 fully saturated rings. The van der Waals surface area contributed by atoms with Crippen LogP contribution in [0.4, 0.5) is 0 Å². The summed E-state index contributed by atoms with van der Waals surface area (Å²) in [5.41, 5.74) is 0.952. The quantitative estimate of drug-likeness (QED) is 0.836. The van der Waals surface area contributed by atoms with Crippen molar-refractivity contribution < 1.29 is 4.79 Å². The molecule has 17 heavy (non-hydrogen) atoms. The summed E-state index contributed by atoms with van der Waals surface area (Å²) in [5, 5.41) is 6.73. The molecule has 1 aromatic heterocycles. The summed E-state index contributed by atoms with van der Waals surface area (Å²) >= 11 is 5.98. The monoisotopic (exact) mass is 253 g/mol. The minimum atomic E-state index is -0.208. The highest BCUT2D eigenvalue weighted by atomic mass is 35.5. The van der Waals surface area contributed by atoms with Crippen molar-refractivity contribution in [3.63, 3.8) is 0 Å². The molecule has 1 aliphatic carbocycles. The Morgan fingerprint density at radius 3 is 3.06 bits per heavy atom. The Balaban J connectivity index is 1.80. The van der Waals surface area contributed by atoms with Crippen molar-refractivity contribution in [2.45, 2.75) is 38.4 Å². The maximum atomic E-state index is 11.7. The van der Waals surface area contributed by atoms with Gasteiger partial charge >= 0.3 is 0 Å². The van der Waals surface area contributed by atoms with Crippen LogP contribution in [0.5, 0.6) is 0 Å². The van der Waals surface area contributed by atoms with E-state index in [1.807, 2.05) is 13.0 Å². The maximum Gasteiger partial charge on any atom is 0.237 e. The topological polar surface area (TPSA) is 54.0 Å². The van der Waals surface area contributed by atoms with Crippen LogP contribution in [0.15, 0.2) is 18.5 Å². The van der Waals surface area contributed by atoms with Crippen LogP contribution < -0.4 is 10.6 Å². The maximum absolute atomic E-state index is 11.7. The van der Waals surface area contributed by atoms with Crippen molar-refractivity contribution in [3.8, 4) is 0 Å². The Morgan fingerprint density at radius 2 is 2.41 bits per heavy atom. The van der Waals surface area contributed by atoms with Gasteiger partial charge in [0.05, 0.1) is 11.1 Å². The predicted molar refractivity (Wildman–Crippen MR) is 66.7 cm³/mol. The van der Waals surface area contributed by atoms with Gasteiger partial charge < -0.3 is 10.6 Å². The van der Waals surface area contributed by atoms with Gasteiger partial charge in [0, 0.05) is 25.0 Å². The molecule has 1 heterocycles. The summed E-state index contributed by atoms with van der Waals surface area (Å²) in [4.78, 5) is 15.6. The van der Waals surface area contributed by atoms with Crippen molar-refractivity contribution in [2.24, 2.45) is 0 Å². The molecule has 0 aliphatic heterocycles. The fourth-order valence-corrected chi connectivity index (χ4v) is 1.64. The van der Waals surface area contributed by atoms with Crippen molar-refractivity contribution in [3.05, 3.63) is 29.0 Å². The molecule has 92 valence electrons. The standard InChI is InChI=1S/C12H16ClN3O/c1-8(12(17)16-10-2-3-10)15-6-9-4-5-14-7-11(9)13/h4-5,7-8,10,15H,2-3,6H2,1H3,(H,16,17). The Morgan fingerprint density at radius 1 is 1.65 bits per heavy atom. The molecule has 5 heteroatoms. The van der Waals surface area contributed by atoms with Gasteiger partial charge in [-0.1, -0.05) is 11.6 Å². The summed E-state index contributed by atoms with van der Waals surface area (Å²) in [7, 11) is 0. The minimum absolute atomic E-state index is 0.0534. The summed E-state index contributed by atoms with van der Waals surface area (Å²) in [5.74, 6) is 0.0534. The summed E-state index contributed by atoms with van der Waals surface area (Å²) < 4.78 is 0. The summed E-state index contributed by atoms with van der Waals surface area (Å²) in [6.07, 6.45) is 5.51. The highest BCUT2D eigenvalue weighted by molar-refractivity contribution is 6.31. The van der Waals surface area contributed by atoms with E-state index in [1.54, 1.807) is 12.4 Å². The molecular weight excluding hydrogens is 238 g/mol. The molecule has 1 unspecified atom stereocenters. The molecule has 2 N–H and O–H groups in total. The van der Waals surface area contributed by atoms with E-state index in [2.05, 4.69) is 15.6 Å². The second kappa shape index (κ2) is 5.47. The number of pyridine rings is 1. The SMILES string of the molecule is CC(NCc1ccncc1Cl)C(=O)NC1CC1. The van der Waals surface area contributed by atoms with Crippen LogP contribution in [0.25, 0.3) is 0 Å². The van der Waals surface area contributed by atoms with Crippen LogP contribution in [0, 0.1) is 0 Å². The molecule has 0 aromatic carbocycles. The zero-order chi connectivity index (χ0) is 12.3. The van der Waals surface area contributed by atoms with Crippen LogP contribution in [-0.4, -0.2) is 23.0 Å². The lowest BCUT2D eigenvalue weighted by Crippen LogP contribution is -2.42. The number of amides is 1. The second-order valence-electron chi connectivity index (χ2n) is 4.35. The average Bonchev–Trinajstić information content (AvgIpc) is 3.11. The number of carbonyl (C=O) groups is 1. The number of aromatic nitrogens is 1. The van der Waals surface area contributed by atoms with Crippen LogP contribution in [0.2, 0.25) is 5.02 Å². The first-order valence-electron chi connectivity index (χ1n) is 5.79. The first-order chi connectivity index (χ1) is 8.16. The average molecular weight is 254 g/mol. The highest BCUT2D eigenvalue weighted by Gasteiger charge is 2.25. The van der Waals surface area contributed by atoms with E-state index in [0.717, 1.165) is 18.4 Å². The molecule has 0 radical (unpaired) electrons. The number of hydrogen-bond acceptors (Lipinski definition) is 3. The van der Waals surface area contributed by atoms with Crippen molar-refractivity contribution in [1.29, 1.82) is 0 Å². The third kappa shape index (κ3) is 3.68. The highest BCUT2D eigenvalue weighted by Crippen LogP contribution is 2.18. The van der Waals surface area contributed by atoms with E-state index in [1.165, 1.54) is 0 Å². The van der Waals surface area contributed by atoms with Crippen LogP contribution in [0.3, 0.4) is 0 Å². The predicted octanol–water partition coefficient (Wildman–Crippen LogP) is 1.49. The minimum Gasteiger partial charge on any atom is -0.352 e. The fourth-order valence-electron chi connectivity index (χ4n) is 1.46. The lowest BCUT2D eigenvalue weighted by atomic mass is 10.2. The van der Waals surface area contributed by atoms with Gasteiger partial charge in [-0.25, -0.2) is 0 Å². The van der Waals surface area contributed by atoms with Crippen molar-refractivity contribution in [1.82, 2.24) is 15.6 Å². The fraction of sp³-hybridized carbons (Fsp3) is 0.500. The molecule has 1 aliphatic rings. The van der Waals surface area contributed by atoms with E-state index < -0.39 is 0 Å². The van der Waals surface area contributed by atoms with Crippen LogP contribution >= 0.6 is 11.6 Å². The number of nitrogens with zero attached hydrogens (tertiary/aromatic N) is 1. The first-order valence-corrected chi connectivity index (χ1v) is 6.17. The molecule has 0 saturated heterocycles. The summed E-state index contributed by atoms with van der Waals surface area (Å²) in [6.45, 7) is 2.42. The molecule has 4 nitrogen and oxygen atoms in total. The lowest BCUT2D eigenvalue weighted by molar-refractivity contribution is -0.122. The molecule has 1 saturated carbocycles. The van der Waals surface area contributed by atoms with Crippen molar-refractivity contribution in [2.75, 3.05) is 0 Å². The number of rotatable bonds is 5. The smallest absolute Gasteiger partial charge is 0.237 e. The van der Waals surface area contributed by atoms with E-state index in [-0.39, 0.29) is 11.9 Å². The van der Waals surface area contributed by atoms with Gasteiger partial charge in [-0.05, 0) is 31.4 Å². The van der Waals surface area contributed by atoms with Gasteiger partial charge in [0.15, 0.2) is 0 Å². The molecule has 0 spiro atoms. The number of halogens is 1. The Kier molecular flexibility index (Phi) is 3.97. The first kappa shape index (κ1) is 12.3. The number of carbonyl (C=O) groups excluding carboxylic acids is 1. The van der Waals surface area contributed by atoms with E-state index in [9.17, 15) is 4.79 Å². The van der Waals surface area contributed by atoms with Gasteiger partial charge in [-0.15, -0.1) is 0 Å². The van der Waals surface area contributed by atoms with Gasteiger partial charge in [-0.2, -0.15) is 0 Å². The zero-order valence-electron chi connectivity index (χ0n) is 9.74. The molecular formula is C12H16ClN3O. The van der Waals surface area contributed by atoms with Gasteiger partial charge in [0.2, 0.25) is 5.91 Å². The normalized spacial score (nSPS) is 16.6. The van der Waals surface area contributed by atoms with E-state index in [0.29, 0.717) is 17.6 Å². The Hall–Kier alpha value is -1.13. The third-order valence-corrected chi connectivity index (χ3v) is 3.11. The van der Waals surface area contributed by atoms with Crippen LogP contribution in [0.1, 0.15) is 25.3 Å². The molecule has 0 bridgehead atoms. The van der Waals surface area contributed by atoms with E-state index >= 15 is 0 Å². The Bertz CT molecular complexity index is 406. The molecule has 1 aromatic rings. The van der Waals surface area contributed by atoms with Crippen molar-refractivity contribution >= 4 is 17.5 Å². The third-order valence-electron chi connectivity index (χ3n) is 2.77. The Labute approximate surface area is 106 Å².